The molecule has 2 atom stereocenters. The van der Waals surface area contributed by atoms with E-state index in [0.29, 0.717) is 6.07 Å². The van der Waals surface area contributed by atoms with E-state index in [4.69, 9.17) is 9.47 Å². The van der Waals surface area contributed by atoms with Crippen LogP contribution >= 0.6 is 0 Å². The number of nitrogens with zero attached hydrogens (tertiary/aromatic N) is 1. The summed E-state index contributed by atoms with van der Waals surface area (Å²) < 4.78 is 79.3. The molecule has 0 saturated carbocycles. The lowest BCUT2D eigenvalue weighted by molar-refractivity contribution is -0.137. The van der Waals surface area contributed by atoms with Crippen LogP contribution in [-0.2, 0) is 25.7 Å². The van der Waals surface area contributed by atoms with Crippen LogP contribution in [0.3, 0.4) is 0 Å². The maximum Gasteiger partial charge on any atom is 0.416 e. The van der Waals surface area contributed by atoms with Crippen molar-refractivity contribution in [2.24, 2.45) is 0 Å². The zero-order valence-electron chi connectivity index (χ0n) is 21.7. The molecule has 0 aliphatic carbocycles. The van der Waals surface area contributed by atoms with Crippen molar-refractivity contribution in [2.75, 3.05) is 22.7 Å². The first-order valence-electron chi connectivity index (χ1n) is 11.9. The molecule has 214 valence electrons. The van der Waals surface area contributed by atoms with Crippen LogP contribution in [0, 0.1) is 0 Å². The lowest BCUT2D eigenvalue weighted by Gasteiger charge is -2.36. The van der Waals surface area contributed by atoms with Gasteiger partial charge in [-0.1, -0.05) is 6.07 Å². The highest BCUT2D eigenvalue weighted by Gasteiger charge is 2.37. The summed E-state index contributed by atoms with van der Waals surface area (Å²) in [5, 5.41) is 14.3. The van der Waals surface area contributed by atoms with Crippen molar-refractivity contribution >= 4 is 33.4 Å². The van der Waals surface area contributed by atoms with Gasteiger partial charge in [0.25, 0.3) is 10.0 Å². The Bertz CT molecular complexity index is 1320. The molecule has 3 rings (SSSR count). The number of rotatable bonds is 7. The first kappa shape index (κ1) is 30.0. The van der Waals surface area contributed by atoms with Crippen molar-refractivity contribution in [3.8, 4) is 5.75 Å². The van der Waals surface area contributed by atoms with Crippen molar-refractivity contribution in [3.63, 3.8) is 0 Å². The van der Waals surface area contributed by atoms with Gasteiger partial charge in [0.05, 0.1) is 22.7 Å². The zero-order chi connectivity index (χ0) is 29.2. The van der Waals surface area contributed by atoms with E-state index in [2.05, 4.69) is 10.6 Å². The summed E-state index contributed by atoms with van der Waals surface area (Å²) in [4.78, 5) is 23.3. The highest BCUT2D eigenvalue weighted by molar-refractivity contribution is 7.92. The van der Waals surface area contributed by atoms with E-state index >= 15 is 0 Å². The summed E-state index contributed by atoms with van der Waals surface area (Å²) >= 11 is 0. The Kier molecular flexibility index (Phi) is 8.70. The quantitative estimate of drug-likeness (QED) is 0.458. The van der Waals surface area contributed by atoms with Gasteiger partial charge >= 0.3 is 12.3 Å². The molecule has 10 nitrogen and oxygen atoms in total. The number of sulfonamides is 1. The number of ether oxygens (including phenoxy) is 2. The summed E-state index contributed by atoms with van der Waals surface area (Å²) in [5.41, 5.74) is -1.77. The molecule has 14 heteroatoms. The largest absolute Gasteiger partial charge is 0.486 e. The minimum Gasteiger partial charge on any atom is -0.486 e. The van der Waals surface area contributed by atoms with Crippen molar-refractivity contribution in [2.45, 2.75) is 63.0 Å². The summed E-state index contributed by atoms with van der Waals surface area (Å²) in [5.74, 6) is -0.532. The molecule has 1 aliphatic heterocycles. The second-order valence-electron chi connectivity index (χ2n) is 9.87. The SMILES string of the molecule is CC(O)C(=O)NCCC1CN(S(=O)(=O)c2cccc(C(F)(F)F)c2)c2cc(NC(=O)OC(C)(C)C)ccc2O1. The second-order valence-corrected chi connectivity index (χ2v) is 11.7. The third-order valence-corrected chi connectivity index (χ3v) is 7.21. The van der Waals surface area contributed by atoms with E-state index in [0.717, 1.165) is 22.5 Å². The molecule has 2 aromatic rings. The van der Waals surface area contributed by atoms with Gasteiger partial charge in [-0.3, -0.25) is 14.4 Å². The fourth-order valence-electron chi connectivity index (χ4n) is 3.65. The van der Waals surface area contributed by atoms with Crippen molar-refractivity contribution in [3.05, 3.63) is 48.0 Å². The van der Waals surface area contributed by atoms with Gasteiger partial charge in [-0.25, -0.2) is 13.2 Å². The Morgan fingerprint density at radius 1 is 1.18 bits per heavy atom. The average Bonchev–Trinajstić information content (AvgIpc) is 2.81. The Balaban J connectivity index is 1.97. The number of carbonyl (C=O) groups excluding carboxylic acids is 2. The number of benzene rings is 2. The topological polar surface area (TPSA) is 134 Å². The molecule has 0 aromatic heterocycles. The van der Waals surface area contributed by atoms with Gasteiger partial charge in [-0.05, 0) is 64.1 Å². The van der Waals surface area contributed by atoms with Crippen LogP contribution in [0.1, 0.15) is 39.7 Å². The van der Waals surface area contributed by atoms with E-state index < -0.39 is 56.5 Å². The molecule has 39 heavy (non-hydrogen) atoms. The average molecular weight is 574 g/mol. The monoisotopic (exact) mass is 573 g/mol. The van der Waals surface area contributed by atoms with Gasteiger partial charge in [0.15, 0.2) is 0 Å². The van der Waals surface area contributed by atoms with Crippen LogP contribution < -0.4 is 19.7 Å². The fourth-order valence-corrected chi connectivity index (χ4v) is 5.20. The zero-order valence-corrected chi connectivity index (χ0v) is 22.5. The molecule has 0 fully saturated rings. The van der Waals surface area contributed by atoms with Crippen molar-refractivity contribution in [1.29, 1.82) is 0 Å². The number of fused-ring (bicyclic) bond motifs is 1. The van der Waals surface area contributed by atoms with Gasteiger partial charge in [0, 0.05) is 18.7 Å². The first-order valence-corrected chi connectivity index (χ1v) is 13.4. The number of carbonyl (C=O) groups is 2. The maximum atomic E-state index is 13.7. The third kappa shape index (κ3) is 7.76. The van der Waals surface area contributed by atoms with Gasteiger partial charge in [-0.2, -0.15) is 13.2 Å². The molecule has 2 aromatic carbocycles. The molecule has 0 bridgehead atoms. The number of aliphatic hydroxyl groups excluding tert-OH is 1. The number of halogens is 3. The van der Waals surface area contributed by atoms with Gasteiger partial charge < -0.3 is 19.9 Å². The van der Waals surface area contributed by atoms with Gasteiger partial charge in [0.1, 0.15) is 23.6 Å². The molecular weight excluding hydrogens is 543 g/mol. The predicted octanol–water partition coefficient (Wildman–Crippen LogP) is 3.90. The van der Waals surface area contributed by atoms with E-state index in [1.165, 1.54) is 25.1 Å². The third-order valence-electron chi connectivity index (χ3n) is 5.43. The minimum atomic E-state index is -4.76. The van der Waals surface area contributed by atoms with E-state index in [-0.39, 0.29) is 36.6 Å². The number of hydrogen-bond acceptors (Lipinski definition) is 7. The molecule has 3 N–H and O–H groups in total. The smallest absolute Gasteiger partial charge is 0.416 e. The van der Waals surface area contributed by atoms with E-state index in [9.17, 15) is 36.3 Å². The fraction of sp³-hybridized carbons (Fsp3) is 0.440. The Labute approximate surface area is 224 Å². The van der Waals surface area contributed by atoms with Crippen LogP contribution in [0.25, 0.3) is 0 Å². The minimum absolute atomic E-state index is 0.00904. The molecule has 0 spiro atoms. The van der Waals surface area contributed by atoms with Crippen LogP contribution in [-0.4, -0.2) is 56.4 Å². The Morgan fingerprint density at radius 3 is 2.49 bits per heavy atom. The molecule has 1 aliphatic rings. The van der Waals surface area contributed by atoms with Crippen molar-refractivity contribution < 1.29 is 45.8 Å². The number of nitrogens with one attached hydrogen (secondary N) is 2. The summed E-state index contributed by atoms with van der Waals surface area (Å²) in [6.07, 6.45) is -7.46. The summed E-state index contributed by atoms with van der Waals surface area (Å²) in [6.45, 7) is 6.03. The van der Waals surface area contributed by atoms with Crippen LogP contribution in [0.4, 0.5) is 29.3 Å². The molecular formula is C25H30F3N3O7S. The van der Waals surface area contributed by atoms with Gasteiger partial charge in [0.2, 0.25) is 5.91 Å². The highest BCUT2D eigenvalue weighted by Crippen LogP contribution is 2.40. The van der Waals surface area contributed by atoms with E-state index in [1.807, 2.05) is 0 Å². The summed E-state index contributed by atoms with van der Waals surface area (Å²) in [7, 11) is -4.54. The van der Waals surface area contributed by atoms with Crippen LogP contribution in [0.15, 0.2) is 47.4 Å². The number of anilines is 2. The van der Waals surface area contributed by atoms with Gasteiger partial charge in [-0.15, -0.1) is 0 Å². The lowest BCUT2D eigenvalue weighted by Crippen LogP contribution is -2.45. The highest BCUT2D eigenvalue weighted by atomic mass is 32.2. The molecule has 2 amide bonds. The first-order chi connectivity index (χ1) is 18.0. The molecule has 1 heterocycles. The Hall–Kier alpha value is -3.52. The number of alkyl halides is 3. The molecule has 0 radical (unpaired) electrons. The predicted molar refractivity (Wildman–Crippen MR) is 136 cm³/mol. The summed E-state index contributed by atoms with van der Waals surface area (Å²) in [6, 6.07) is 7.55. The Morgan fingerprint density at radius 2 is 1.87 bits per heavy atom. The number of aliphatic hydroxyl groups is 1. The van der Waals surface area contributed by atoms with E-state index in [1.54, 1.807) is 20.8 Å². The number of hydrogen-bond donors (Lipinski definition) is 3. The van der Waals surface area contributed by atoms with Crippen LogP contribution in [0.5, 0.6) is 5.75 Å². The van der Waals surface area contributed by atoms with Crippen molar-refractivity contribution in [1.82, 2.24) is 5.32 Å². The standard InChI is InChI=1S/C25H30F3N3O7S/c1-15(32)22(33)29-11-10-18-14-31(39(35,36)19-7-5-6-16(12-19)25(26,27)28)20-13-17(8-9-21(20)37-18)30-23(34)38-24(2,3)4/h5-9,12-13,15,18,32H,10-11,14H2,1-4H3,(H,29,33)(H,30,34). The molecule has 2 unspecified atom stereocenters. The lowest BCUT2D eigenvalue weighted by atomic mass is 10.1. The second kappa shape index (κ2) is 11.3. The molecule has 0 saturated heterocycles. The normalized spacial score (nSPS) is 16.5. The van der Waals surface area contributed by atoms with Crippen LogP contribution in [0.2, 0.25) is 0 Å². The maximum absolute atomic E-state index is 13.7. The number of amides is 2.